The fourth-order valence-electron chi connectivity index (χ4n) is 2.68. The van der Waals surface area contributed by atoms with E-state index in [0.717, 1.165) is 49.2 Å². The Hall–Kier alpha value is -1.42. The SMILES string of the molecule is C=CCONC(CCC)=C1C(=O)CC(C)(C)CC1=NCCC. The molecule has 0 bridgehead atoms. The number of nitrogens with one attached hydrogen (secondary N) is 1. The van der Waals surface area contributed by atoms with Crippen molar-refractivity contribution in [3.05, 3.63) is 23.9 Å². The molecule has 0 aromatic heterocycles. The van der Waals surface area contributed by atoms with Crippen LogP contribution in [0.25, 0.3) is 0 Å². The second-order valence-electron chi connectivity index (χ2n) is 6.57. The van der Waals surface area contributed by atoms with Gasteiger partial charge in [-0.1, -0.05) is 40.2 Å². The molecule has 0 aromatic rings. The molecule has 1 aliphatic rings. The third kappa shape index (κ3) is 5.41. The summed E-state index contributed by atoms with van der Waals surface area (Å²) in [6.45, 7) is 13.2. The highest BCUT2D eigenvalue weighted by atomic mass is 16.6. The summed E-state index contributed by atoms with van der Waals surface area (Å²) in [6.07, 6.45) is 5.78. The minimum Gasteiger partial charge on any atom is -0.294 e. The van der Waals surface area contributed by atoms with Crippen LogP contribution in [0.5, 0.6) is 0 Å². The van der Waals surface area contributed by atoms with Crippen LogP contribution in [0.1, 0.15) is 59.8 Å². The van der Waals surface area contributed by atoms with Crippen molar-refractivity contribution in [2.24, 2.45) is 10.4 Å². The summed E-state index contributed by atoms with van der Waals surface area (Å²) < 4.78 is 0. The van der Waals surface area contributed by atoms with E-state index in [4.69, 9.17) is 4.84 Å². The molecular weight excluding hydrogens is 276 g/mol. The Kier molecular flexibility index (Phi) is 7.52. The summed E-state index contributed by atoms with van der Waals surface area (Å²) >= 11 is 0. The molecule has 0 spiro atoms. The molecule has 0 amide bonds. The second-order valence-corrected chi connectivity index (χ2v) is 6.57. The van der Waals surface area contributed by atoms with Crippen molar-refractivity contribution in [1.29, 1.82) is 0 Å². The quantitative estimate of drug-likeness (QED) is 0.319. The zero-order valence-electron chi connectivity index (χ0n) is 14.5. The van der Waals surface area contributed by atoms with Crippen LogP contribution in [0.4, 0.5) is 0 Å². The Morgan fingerprint density at radius 3 is 2.68 bits per heavy atom. The predicted molar refractivity (Wildman–Crippen MR) is 91.8 cm³/mol. The van der Waals surface area contributed by atoms with Gasteiger partial charge in [-0.3, -0.25) is 20.1 Å². The van der Waals surface area contributed by atoms with Crippen molar-refractivity contribution in [2.75, 3.05) is 13.2 Å². The van der Waals surface area contributed by atoms with E-state index in [9.17, 15) is 4.79 Å². The van der Waals surface area contributed by atoms with E-state index in [1.165, 1.54) is 0 Å². The molecule has 0 atom stereocenters. The van der Waals surface area contributed by atoms with Crippen molar-refractivity contribution in [3.63, 3.8) is 0 Å². The van der Waals surface area contributed by atoms with E-state index in [0.29, 0.717) is 13.0 Å². The fraction of sp³-hybridized carbons (Fsp3) is 0.667. The molecular formula is C18H30N2O2. The Balaban J connectivity index is 3.16. The largest absolute Gasteiger partial charge is 0.294 e. The van der Waals surface area contributed by atoms with Crippen molar-refractivity contribution in [3.8, 4) is 0 Å². The first-order chi connectivity index (χ1) is 10.4. The van der Waals surface area contributed by atoms with Crippen LogP contribution in [0.2, 0.25) is 0 Å². The summed E-state index contributed by atoms with van der Waals surface area (Å²) in [5, 5.41) is 0. The molecule has 0 radical (unpaired) electrons. The molecule has 0 aromatic carbocycles. The predicted octanol–water partition coefficient (Wildman–Crippen LogP) is 3.99. The molecule has 0 unspecified atom stereocenters. The van der Waals surface area contributed by atoms with Gasteiger partial charge in [-0.15, -0.1) is 6.58 Å². The number of ketones is 1. The number of hydrogen-bond acceptors (Lipinski definition) is 4. The van der Waals surface area contributed by atoms with Crippen molar-refractivity contribution in [1.82, 2.24) is 5.48 Å². The van der Waals surface area contributed by atoms with E-state index in [-0.39, 0.29) is 11.2 Å². The average Bonchev–Trinajstić information content (AvgIpc) is 2.43. The third-order valence-corrected chi connectivity index (χ3v) is 3.58. The highest BCUT2D eigenvalue weighted by Gasteiger charge is 2.35. The molecule has 0 saturated heterocycles. The first-order valence-corrected chi connectivity index (χ1v) is 8.24. The van der Waals surface area contributed by atoms with Gasteiger partial charge in [-0.2, -0.15) is 0 Å². The molecule has 0 aliphatic heterocycles. The first-order valence-electron chi connectivity index (χ1n) is 8.24. The number of Topliss-reactive ketones (excluding diaryl/α,β-unsaturated/α-hetero) is 1. The lowest BCUT2D eigenvalue weighted by Gasteiger charge is -2.32. The van der Waals surface area contributed by atoms with E-state index in [1.54, 1.807) is 6.08 Å². The number of rotatable bonds is 8. The highest BCUT2D eigenvalue weighted by Crippen LogP contribution is 2.35. The van der Waals surface area contributed by atoms with Gasteiger partial charge in [0.15, 0.2) is 5.78 Å². The van der Waals surface area contributed by atoms with E-state index in [1.807, 2.05) is 0 Å². The summed E-state index contributed by atoms with van der Waals surface area (Å²) in [4.78, 5) is 22.7. The molecule has 1 N–H and O–H groups in total. The van der Waals surface area contributed by atoms with Crippen LogP contribution in [-0.4, -0.2) is 24.6 Å². The van der Waals surface area contributed by atoms with Gasteiger partial charge < -0.3 is 0 Å². The first kappa shape index (κ1) is 18.6. The number of nitrogens with zero attached hydrogens (tertiary/aromatic N) is 1. The maximum atomic E-state index is 12.7. The van der Waals surface area contributed by atoms with E-state index >= 15 is 0 Å². The highest BCUT2D eigenvalue weighted by molar-refractivity contribution is 6.24. The molecule has 4 heteroatoms. The monoisotopic (exact) mass is 306 g/mol. The number of aliphatic imine (C=N–C) groups is 1. The Bertz CT molecular complexity index is 462. The van der Waals surface area contributed by atoms with Gasteiger partial charge >= 0.3 is 0 Å². The zero-order valence-corrected chi connectivity index (χ0v) is 14.5. The third-order valence-electron chi connectivity index (χ3n) is 3.58. The maximum Gasteiger partial charge on any atom is 0.167 e. The number of hydroxylamine groups is 1. The maximum absolute atomic E-state index is 12.7. The Morgan fingerprint density at radius 2 is 2.09 bits per heavy atom. The lowest BCUT2D eigenvalue weighted by molar-refractivity contribution is -0.117. The van der Waals surface area contributed by atoms with Gasteiger partial charge in [0.1, 0.15) is 0 Å². The molecule has 1 fully saturated rings. The molecule has 0 heterocycles. The van der Waals surface area contributed by atoms with Gasteiger partial charge in [0.05, 0.1) is 17.9 Å². The van der Waals surface area contributed by atoms with Crippen molar-refractivity contribution in [2.45, 2.75) is 59.8 Å². The smallest absolute Gasteiger partial charge is 0.167 e. The number of carbonyl (C=O) groups is 1. The molecule has 124 valence electrons. The van der Waals surface area contributed by atoms with Crippen molar-refractivity contribution < 1.29 is 9.63 Å². The van der Waals surface area contributed by atoms with Gasteiger partial charge in [-0.05, 0) is 24.7 Å². The van der Waals surface area contributed by atoms with Crippen LogP contribution in [0, 0.1) is 5.41 Å². The molecule has 1 rings (SSSR count). The van der Waals surface area contributed by atoms with Crippen LogP contribution in [0.15, 0.2) is 28.9 Å². The lowest BCUT2D eigenvalue weighted by atomic mass is 9.73. The van der Waals surface area contributed by atoms with Crippen LogP contribution in [0.3, 0.4) is 0 Å². The molecule has 1 saturated carbocycles. The number of carbonyl (C=O) groups excluding carboxylic acids is 1. The summed E-state index contributed by atoms with van der Waals surface area (Å²) in [5.74, 6) is 0.171. The Labute approximate surface area is 134 Å². The standard InChI is InChI=1S/C18H30N2O2/c1-6-9-14(20-22-11-8-3)17-15(19-10-7-2)12-18(4,5)13-16(17)21/h8,20H,3,6-7,9-13H2,1-2,4-5H3. The summed E-state index contributed by atoms with van der Waals surface area (Å²) in [7, 11) is 0. The minimum atomic E-state index is -0.0214. The molecule has 1 aliphatic carbocycles. The van der Waals surface area contributed by atoms with Gasteiger partial charge in [-0.25, -0.2) is 0 Å². The molecule has 4 nitrogen and oxygen atoms in total. The van der Waals surface area contributed by atoms with Crippen LogP contribution >= 0.6 is 0 Å². The topological polar surface area (TPSA) is 50.7 Å². The summed E-state index contributed by atoms with van der Waals surface area (Å²) in [6, 6.07) is 0. The second kappa shape index (κ2) is 8.89. The van der Waals surface area contributed by atoms with E-state index < -0.39 is 0 Å². The van der Waals surface area contributed by atoms with E-state index in [2.05, 4.69) is 44.7 Å². The van der Waals surface area contributed by atoms with Crippen molar-refractivity contribution >= 4 is 11.5 Å². The minimum absolute atomic E-state index is 0.0214. The fourth-order valence-corrected chi connectivity index (χ4v) is 2.68. The number of hydrogen-bond donors (Lipinski definition) is 1. The lowest BCUT2D eigenvalue weighted by Crippen LogP contribution is -2.35. The summed E-state index contributed by atoms with van der Waals surface area (Å²) in [5.41, 5.74) is 5.48. The normalized spacial score (nSPS) is 21.8. The van der Waals surface area contributed by atoms with Gasteiger partial charge in [0.2, 0.25) is 0 Å². The molecule has 22 heavy (non-hydrogen) atoms. The van der Waals surface area contributed by atoms with Gasteiger partial charge in [0.25, 0.3) is 0 Å². The number of allylic oxidation sites excluding steroid dienone is 2. The van der Waals surface area contributed by atoms with Crippen LogP contribution in [-0.2, 0) is 9.63 Å². The Morgan fingerprint density at radius 1 is 1.36 bits per heavy atom. The zero-order chi connectivity index (χ0) is 16.6. The van der Waals surface area contributed by atoms with Crippen LogP contribution < -0.4 is 5.48 Å². The average molecular weight is 306 g/mol. The van der Waals surface area contributed by atoms with Gasteiger partial charge in [0, 0.05) is 18.7 Å².